The third kappa shape index (κ3) is 52.1. The average Bonchev–Trinajstić information content (AvgIpc) is 3.31. The van der Waals surface area contributed by atoms with Crippen LogP contribution in [-0.4, -0.2) is 37.2 Å². The minimum absolute atomic E-state index is 0.0772. The Labute approximate surface area is 409 Å². The van der Waals surface area contributed by atoms with Crippen LogP contribution in [0, 0.1) is 0 Å². The van der Waals surface area contributed by atoms with Crippen LogP contribution in [0.1, 0.15) is 284 Å². The molecule has 0 saturated carbocycles. The summed E-state index contributed by atoms with van der Waals surface area (Å²) in [5.74, 6) is -0.881. The van der Waals surface area contributed by atoms with E-state index in [0.29, 0.717) is 19.3 Å². The topological polar surface area (TPSA) is 78.9 Å². The van der Waals surface area contributed by atoms with Crippen LogP contribution in [0.4, 0.5) is 0 Å². The minimum Gasteiger partial charge on any atom is -0.462 e. The summed E-state index contributed by atoms with van der Waals surface area (Å²) < 4.78 is 16.9. The van der Waals surface area contributed by atoms with E-state index in [2.05, 4.69) is 81.5 Å². The fourth-order valence-electron chi connectivity index (χ4n) is 8.02. The Kier molecular flexibility index (Phi) is 52.3. The van der Waals surface area contributed by atoms with Crippen molar-refractivity contribution in [3.8, 4) is 0 Å². The van der Waals surface area contributed by atoms with Gasteiger partial charge < -0.3 is 14.2 Å². The van der Waals surface area contributed by atoms with Gasteiger partial charge in [-0.1, -0.05) is 242 Å². The summed E-state index contributed by atoms with van der Waals surface area (Å²) in [5.41, 5.74) is 0. The Hall–Kier alpha value is -2.89. The van der Waals surface area contributed by atoms with Crippen molar-refractivity contribution in [3.63, 3.8) is 0 Å². The summed E-state index contributed by atoms with van der Waals surface area (Å²) in [6.07, 6.45) is 67.7. The second-order valence-electron chi connectivity index (χ2n) is 18.8. The molecule has 0 aliphatic carbocycles. The molecule has 66 heavy (non-hydrogen) atoms. The van der Waals surface area contributed by atoms with Gasteiger partial charge in [-0.25, -0.2) is 0 Å². The normalized spacial score (nSPS) is 12.5. The summed E-state index contributed by atoms with van der Waals surface area (Å²) in [6, 6.07) is 0. The molecule has 0 saturated heterocycles. The number of carbonyl (C=O) groups is 3. The first kappa shape index (κ1) is 63.1. The van der Waals surface area contributed by atoms with E-state index in [1.807, 2.05) is 0 Å². The van der Waals surface area contributed by atoms with Crippen LogP contribution in [0.25, 0.3) is 0 Å². The predicted octanol–water partition coefficient (Wildman–Crippen LogP) is 18.8. The molecule has 0 amide bonds. The number of rotatable bonds is 51. The van der Waals surface area contributed by atoms with Crippen LogP contribution < -0.4 is 0 Å². The summed E-state index contributed by atoms with van der Waals surface area (Å²) in [7, 11) is 0. The van der Waals surface area contributed by atoms with E-state index < -0.39 is 6.10 Å². The molecule has 0 rings (SSSR count). The van der Waals surface area contributed by atoms with Crippen molar-refractivity contribution in [2.24, 2.45) is 0 Å². The Morgan fingerprint density at radius 1 is 0.318 bits per heavy atom. The summed E-state index contributed by atoms with van der Waals surface area (Å²) in [6.45, 7) is 6.51. The number of ether oxygens (including phenoxy) is 3. The predicted molar refractivity (Wildman–Crippen MR) is 284 cm³/mol. The van der Waals surface area contributed by atoms with Gasteiger partial charge in [0.1, 0.15) is 13.2 Å². The van der Waals surface area contributed by atoms with Gasteiger partial charge in [0.2, 0.25) is 0 Å². The SMILES string of the molecule is CC/C=C\C/C=C\C/C=C\CCCCCCCCCC(=O)OC(COC(=O)CCCCCCCCCCC/C=C\C/C=C\CCCCC)COC(=O)CCCCCCCCCCCCCC. The monoisotopic (exact) mass is 923 g/mol. The van der Waals surface area contributed by atoms with Gasteiger partial charge >= 0.3 is 17.9 Å². The van der Waals surface area contributed by atoms with Crippen LogP contribution in [0.3, 0.4) is 0 Å². The fraction of sp³-hybridized carbons (Fsp3) is 0.783. The van der Waals surface area contributed by atoms with Gasteiger partial charge in [0, 0.05) is 19.3 Å². The van der Waals surface area contributed by atoms with E-state index in [1.54, 1.807) is 0 Å². The lowest BCUT2D eigenvalue weighted by Gasteiger charge is -2.18. The zero-order chi connectivity index (χ0) is 47.9. The van der Waals surface area contributed by atoms with E-state index >= 15 is 0 Å². The average molecular weight is 924 g/mol. The first-order chi connectivity index (χ1) is 32.5. The maximum absolute atomic E-state index is 12.8. The highest BCUT2D eigenvalue weighted by Gasteiger charge is 2.19. The van der Waals surface area contributed by atoms with Crippen LogP contribution in [-0.2, 0) is 28.6 Å². The smallest absolute Gasteiger partial charge is 0.306 e. The highest BCUT2D eigenvalue weighted by atomic mass is 16.6. The Morgan fingerprint density at radius 2 is 0.591 bits per heavy atom. The lowest BCUT2D eigenvalue weighted by atomic mass is 10.0. The maximum atomic E-state index is 12.8. The van der Waals surface area contributed by atoms with E-state index in [9.17, 15) is 14.4 Å². The van der Waals surface area contributed by atoms with Gasteiger partial charge in [-0.2, -0.15) is 0 Å². The Morgan fingerprint density at radius 3 is 0.955 bits per heavy atom. The number of hydrogen-bond acceptors (Lipinski definition) is 6. The second-order valence-corrected chi connectivity index (χ2v) is 18.8. The highest BCUT2D eigenvalue weighted by molar-refractivity contribution is 5.71. The lowest BCUT2D eigenvalue weighted by molar-refractivity contribution is -0.167. The summed E-state index contributed by atoms with van der Waals surface area (Å²) in [4.78, 5) is 38.1. The van der Waals surface area contributed by atoms with Crippen LogP contribution in [0.5, 0.6) is 0 Å². The molecule has 0 heterocycles. The Balaban J connectivity index is 4.35. The molecule has 0 fully saturated rings. The highest BCUT2D eigenvalue weighted by Crippen LogP contribution is 2.16. The van der Waals surface area contributed by atoms with E-state index in [1.165, 1.54) is 154 Å². The van der Waals surface area contributed by atoms with Gasteiger partial charge in [-0.05, 0) is 83.5 Å². The van der Waals surface area contributed by atoms with E-state index in [0.717, 1.165) is 89.9 Å². The van der Waals surface area contributed by atoms with Crippen molar-refractivity contribution in [1.82, 2.24) is 0 Å². The molecule has 6 heteroatoms. The molecule has 0 aromatic heterocycles. The quantitative estimate of drug-likeness (QED) is 0.0262. The molecule has 0 bridgehead atoms. The molecule has 382 valence electrons. The molecule has 1 unspecified atom stereocenters. The van der Waals surface area contributed by atoms with Gasteiger partial charge in [0.15, 0.2) is 6.10 Å². The van der Waals surface area contributed by atoms with Crippen molar-refractivity contribution < 1.29 is 28.6 Å². The number of esters is 3. The van der Waals surface area contributed by atoms with Gasteiger partial charge in [-0.3, -0.25) is 14.4 Å². The third-order valence-electron chi connectivity index (χ3n) is 12.3. The van der Waals surface area contributed by atoms with Crippen molar-refractivity contribution in [2.75, 3.05) is 13.2 Å². The second kappa shape index (κ2) is 54.7. The molecule has 6 nitrogen and oxygen atoms in total. The molecule has 0 spiro atoms. The molecule has 0 aliphatic rings. The van der Waals surface area contributed by atoms with Crippen molar-refractivity contribution in [3.05, 3.63) is 60.8 Å². The molecule has 0 aromatic carbocycles. The number of carbonyl (C=O) groups excluding carboxylic acids is 3. The first-order valence-electron chi connectivity index (χ1n) is 28.3. The zero-order valence-corrected chi connectivity index (χ0v) is 43.7. The zero-order valence-electron chi connectivity index (χ0n) is 43.7. The first-order valence-corrected chi connectivity index (χ1v) is 28.3. The lowest BCUT2D eigenvalue weighted by Crippen LogP contribution is -2.30. The van der Waals surface area contributed by atoms with Gasteiger partial charge in [0.05, 0.1) is 0 Å². The van der Waals surface area contributed by atoms with Crippen molar-refractivity contribution in [1.29, 1.82) is 0 Å². The van der Waals surface area contributed by atoms with Gasteiger partial charge in [0.25, 0.3) is 0 Å². The molecule has 0 N–H and O–H groups in total. The molecular formula is C60H106O6. The molecule has 0 aromatic rings. The fourth-order valence-corrected chi connectivity index (χ4v) is 8.02. The Bertz CT molecular complexity index is 1200. The van der Waals surface area contributed by atoms with Crippen LogP contribution >= 0.6 is 0 Å². The molecule has 0 aliphatic heterocycles. The number of hydrogen-bond donors (Lipinski definition) is 0. The standard InChI is InChI=1S/C60H106O6/c1-4-7-10-13-16-19-22-25-27-29-30-32-33-35-38-41-44-47-50-53-59(62)65-56-57(55-64-58(61)52-49-46-43-40-37-24-21-18-15-12-9-6-3)66-60(63)54-51-48-45-42-39-36-34-31-28-26-23-20-17-14-11-8-5-2/h8,11,16-17,19-20,25-28,57H,4-7,9-10,12-15,18,21-24,29-56H2,1-3H3/b11-8-,19-16-,20-17-,27-25-,28-26-. The molecule has 1 atom stereocenters. The summed E-state index contributed by atoms with van der Waals surface area (Å²) >= 11 is 0. The maximum Gasteiger partial charge on any atom is 0.306 e. The van der Waals surface area contributed by atoms with E-state index in [-0.39, 0.29) is 31.1 Å². The molecular weight excluding hydrogens is 817 g/mol. The van der Waals surface area contributed by atoms with Crippen LogP contribution in [0.15, 0.2) is 60.8 Å². The molecule has 0 radical (unpaired) electrons. The van der Waals surface area contributed by atoms with Crippen molar-refractivity contribution in [2.45, 2.75) is 290 Å². The minimum atomic E-state index is -0.779. The number of allylic oxidation sites excluding steroid dienone is 10. The van der Waals surface area contributed by atoms with Crippen molar-refractivity contribution >= 4 is 17.9 Å². The van der Waals surface area contributed by atoms with Gasteiger partial charge in [-0.15, -0.1) is 0 Å². The van der Waals surface area contributed by atoms with E-state index in [4.69, 9.17) is 14.2 Å². The number of unbranched alkanes of at least 4 members (excludes halogenated alkanes) is 30. The largest absolute Gasteiger partial charge is 0.462 e. The third-order valence-corrected chi connectivity index (χ3v) is 12.3. The van der Waals surface area contributed by atoms with Crippen LogP contribution in [0.2, 0.25) is 0 Å². The summed E-state index contributed by atoms with van der Waals surface area (Å²) in [5, 5.41) is 0.